The van der Waals surface area contributed by atoms with Gasteiger partial charge in [-0.1, -0.05) is 12.1 Å². The maximum atomic E-state index is 4.69. The molecule has 5 heteroatoms. The lowest BCUT2D eigenvalue weighted by atomic mass is 10.1. The van der Waals surface area contributed by atoms with Crippen molar-refractivity contribution >= 4 is 11.0 Å². The Morgan fingerprint density at radius 1 is 1.24 bits per heavy atom. The Kier molecular flexibility index (Phi) is 3.51. The zero-order valence-electron chi connectivity index (χ0n) is 13.0. The van der Waals surface area contributed by atoms with Gasteiger partial charge in [-0.2, -0.15) is 5.10 Å². The van der Waals surface area contributed by atoms with E-state index in [0.717, 1.165) is 17.9 Å². The van der Waals surface area contributed by atoms with Gasteiger partial charge in [0.25, 0.3) is 0 Å². The number of benzene rings is 1. The third kappa shape index (κ3) is 2.45. The molecular formula is C16H21N5. The number of fused-ring (bicyclic) bond motifs is 1. The minimum atomic E-state index is 0.249. The molecule has 2 aromatic heterocycles. The smallest absolute Gasteiger partial charge is 0.123 e. The van der Waals surface area contributed by atoms with Gasteiger partial charge < -0.3 is 9.88 Å². The number of rotatable bonds is 4. The molecule has 0 aliphatic rings. The fraction of sp³-hybridized carbons (Fsp3) is 0.375. The quantitative estimate of drug-likeness (QED) is 0.800. The number of hydrogen-bond donors (Lipinski definition) is 1. The van der Waals surface area contributed by atoms with E-state index in [-0.39, 0.29) is 6.04 Å². The van der Waals surface area contributed by atoms with E-state index in [9.17, 15) is 0 Å². The minimum absolute atomic E-state index is 0.249. The second-order valence-electron chi connectivity index (χ2n) is 5.49. The molecule has 1 aromatic carbocycles. The minimum Gasteiger partial charge on any atom is -0.330 e. The number of para-hydroxylation sites is 2. The Morgan fingerprint density at radius 3 is 2.67 bits per heavy atom. The van der Waals surface area contributed by atoms with Crippen molar-refractivity contribution in [3.8, 4) is 0 Å². The first-order valence-electron chi connectivity index (χ1n) is 7.20. The molecule has 1 atom stereocenters. The normalized spacial score (nSPS) is 13.0. The van der Waals surface area contributed by atoms with Gasteiger partial charge in [0.2, 0.25) is 0 Å². The first-order valence-corrected chi connectivity index (χ1v) is 7.20. The largest absolute Gasteiger partial charge is 0.330 e. The average molecular weight is 283 g/mol. The SMILES string of the molecule is Cc1c(C(C)NCc2nc3ccccc3n2C)cnn1C. The average Bonchev–Trinajstić information content (AvgIpc) is 2.99. The van der Waals surface area contributed by atoms with Gasteiger partial charge >= 0.3 is 0 Å². The van der Waals surface area contributed by atoms with E-state index in [2.05, 4.69) is 46.9 Å². The van der Waals surface area contributed by atoms with E-state index in [1.807, 2.05) is 36.1 Å². The summed E-state index contributed by atoms with van der Waals surface area (Å²) in [6, 6.07) is 8.46. The van der Waals surface area contributed by atoms with Gasteiger partial charge in [-0.15, -0.1) is 0 Å². The number of aromatic nitrogens is 4. The first-order chi connectivity index (χ1) is 10.1. The Balaban J connectivity index is 1.77. The van der Waals surface area contributed by atoms with Crippen molar-refractivity contribution in [3.05, 3.63) is 47.5 Å². The van der Waals surface area contributed by atoms with Crippen LogP contribution in [0.5, 0.6) is 0 Å². The van der Waals surface area contributed by atoms with Gasteiger partial charge in [0.05, 0.1) is 23.8 Å². The van der Waals surface area contributed by atoms with Crippen LogP contribution in [0.4, 0.5) is 0 Å². The van der Waals surface area contributed by atoms with Crippen molar-refractivity contribution in [2.24, 2.45) is 14.1 Å². The summed E-state index contributed by atoms with van der Waals surface area (Å²) in [5.41, 5.74) is 4.64. The predicted molar refractivity (Wildman–Crippen MR) is 83.9 cm³/mol. The molecule has 0 saturated carbocycles. The first kappa shape index (κ1) is 13.8. The van der Waals surface area contributed by atoms with E-state index >= 15 is 0 Å². The van der Waals surface area contributed by atoms with E-state index in [0.29, 0.717) is 0 Å². The maximum Gasteiger partial charge on any atom is 0.123 e. The summed E-state index contributed by atoms with van der Waals surface area (Å²) in [5, 5.41) is 7.83. The number of nitrogens with zero attached hydrogens (tertiary/aromatic N) is 4. The highest BCUT2D eigenvalue weighted by Gasteiger charge is 2.13. The van der Waals surface area contributed by atoms with Gasteiger partial charge in [-0.05, 0) is 26.0 Å². The summed E-state index contributed by atoms with van der Waals surface area (Å²) in [6.45, 7) is 4.99. The zero-order chi connectivity index (χ0) is 15.0. The standard InChI is InChI=1S/C16H21N5/c1-11(13-9-18-21(4)12(13)2)17-10-16-19-14-7-5-6-8-15(14)20(16)3/h5-9,11,17H,10H2,1-4H3. The lowest BCUT2D eigenvalue weighted by Gasteiger charge is -2.13. The van der Waals surface area contributed by atoms with Crippen molar-refractivity contribution in [2.75, 3.05) is 0 Å². The van der Waals surface area contributed by atoms with Crippen LogP contribution >= 0.6 is 0 Å². The van der Waals surface area contributed by atoms with Gasteiger partial charge in [0.15, 0.2) is 0 Å². The molecule has 0 aliphatic heterocycles. The molecule has 1 N–H and O–H groups in total. The highest BCUT2D eigenvalue weighted by Crippen LogP contribution is 2.18. The van der Waals surface area contributed by atoms with Crippen molar-refractivity contribution < 1.29 is 0 Å². The molecule has 0 saturated heterocycles. The molecule has 21 heavy (non-hydrogen) atoms. The van der Waals surface area contributed by atoms with Crippen molar-refractivity contribution in [2.45, 2.75) is 26.4 Å². The van der Waals surface area contributed by atoms with Crippen LogP contribution in [0.2, 0.25) is 0 Å². The van der Waals surface area contributed by atoms with Crippen molar-refractivity contribution in [1.82, 2.24) is 24.6 Å². The highest BCUT2D eigenvalue weighted by molar-refractivity contribution is 5.75. The van der Waals surface area contributed by atoms with Crippen LogP contribution in [0.15, 0.2) is 30.5 Å². The Hall–Kier alpha value is -2.14. The van der Waals surface area contributed by atoms with Crippen LogP contribution < -0.4 is 5.32 Å². The van der Waals surface area contributed by atoms with Gasteiger partial charge in [0.1, 0.15) is 5.82 Å². The topological polar surface area (TPSA) is 47.7 Å². The van der Waals surface area contributed by atoms with Crippen molar-refractivity contribution in [1.29, 1.82) is 0 Å². The van der Waals surface area contributed by atoms with Crippen molar-refractivity contribution in [3.63, 3.8) is 0 Å². The highest BCUT2D eigenvalue weighted by atomic mass is 15.3. The third-order valence-electron chi connectivity index (χ3n) is 4.19. The lowest BCUT2D eigenvalue weighted by molar-refractivity contribution is 0.548. The van der Waals surface area contributed by atoms with Crippen LogP contribution in [0, 0.1) is 6.92 Å². The molecule has 0 bridgehead atoms. The van der Waals surface area contributed by atoms with Crippen LogP contribution in [0.3, 0.4) is 0 Å². The predicted octanol–water partition coefficient (Wildman–Crippen LogP) is 2.47. The van der Waals surface area contributed by atoms with Gasteiger partial charge in [-0.3, -0.25) is 4.68 Å². The third-order valence-corrected chi connectivity index (χ3v) is 4.19. The molecule has 0 aliphatic carbocycles. The van der Waals surface area contributed by atoms with E-state index < -0.39 is 0 Å². The maximum absolute atomic E-state index is 4.69. The van der Waals surface area contributed by atoms with Crippen LogP contribution in [0.25, 0.3) is 11.0 Å². The number of imidazole rings is 1. The lowest BCUT2D eigenvalue weighted by Crippen LogP contribution is -2.20. The van der Waals surface area contributed by atoms with E-state index in [4.69, 9.17) is 0 Å². The summed E-state index contributed by atoms with van der Waals surface area (Å²) < 4.78 is 4.05. The molecule has 5 nitrogen and oxygen atoms in total. The summed E-state index contributed by atoms with van der Waals surface area (Å²) in [5.74, 6) is 1.05. The molecule has 0 spiro atoms. The molecule has 3 aromatic rings. The van der Waals surface area contributed by atoms with Gasteiger partial charge in [-0.25, -0.2) is 4.98 Å². The Morgan fingerprint density at radius 2 is 2.00 bits per heavy atom. The van der Waals surface area contributed by atoms with E-state index in [1.54, 1.807) is 0 Å². The second-order valence-corrected chi connectivity index (χ2v) is 5.49. The monoisotopic (exact) mass is 283 g/mol. The molecule has 0 amide bonds. The van der Waals surface area contributed by atoms with Crippen LogP contribution in [-0.2, 0) is 20.6 Å². The number of hydrogen-bond acceptors (Lipinski definition) is 3. The fourth-order valence-electron chi connectivity index (χ4n) is 2.65. The fourth-order valence-corrected chi connectivity index (χ4v) is 2.65. The Bertz CT molecular complexity index is 768. The molecule has 110 valence electrons. The molecular weight excluding hydrogens is 262 g/mol. The van der Waals surface area contributed by atoms with E-state index in [1.165, 1.54) is 16.8 Å². The molecule has 1 unspecified atom stereocenters. The summed E-state index contributed by atoms with van der Waals surface area (Å²) in [6.07, 6.45) is 1.93. The zero-order valence-corrected chi connectivity index (χ0v) is 13.0. The summed E-state index contributed by atoms with van der Waals surface area (Å²) >= 11 is 0. The summed E-state index contributed by atoms with van der Waals surface area (Å²) in [4.78, 5) is 4.69. The number of aryl methyl sites for hydroxylation is 2. The summed E-state index contributed by atoms with van der Waals surface area (Å²) in [7, 11) is 4.03. The molecule has 2 heterocycles. The van der Waals surface area contributed by atoms with Crippen LogP contribution in [0.1, 0.15) is 30.0 Å². The Labute approximate surface area is 124 Å². The van der Waals surface area contributed by atoms with Gasteiger partial charge in [0, 0.05) is 31.4 Å². The molecule has 3 rings (SSSR count). The second kappa shape index (κ2) is 5.33. The molecule has 0 radical (unpaired) electrons. The number of nitrogens with one attached hydrogen (secondary N) is 1. The molecule has 0 fully saturated rings. The van der Waals surface area contributed by atoms with Crippen LogP contribution in [-0.4, -0.2) is 19.3 Å².